The molecule has 1 aromatic rings. The van der Waals surface area contributed by atoms with Crippen LogP contribution in [0.1, 0.15) is 54.0 Å². The fourth-order valence-corrected chi connectivity index (χ4v) is 1.97. The van der Waals surface area contributed by atoms with Gasteiger partial charge in [-0.2, -0.15) is 0 Å². The van der Waals surface area contributed by atoms with Gasteiger partial charge in [0.1, 0.15) is 22.8 Å². The number of esters is 1. The van der Waals surface area contributed by atoms with Crippen LogP contribution in [0, 0.1) is 11.6 Å². The monoisotopic (exact) mass is 357 g/mol. The van der Waals surface area contributed by atoms with E-state index in [1.165, 1.54) is 6.92 Å². The molecule has 1 rings (SSSR count). The van der Waals surface area contributed by atoms with Gasteiger partial charge in [-0.15, -0.1) is 0 Å². The lowest BCUT2D eigenvalue weighted by Crippen LogP contribution is -2.53. The summed E-state index contributed by atoms with van der Waals surface area (Å²) in [6.07, 6.45) is -0.912. The molecule has 0 saturated carbocycles. The van der Waals surface area contributed by atoms with Crippen molar-refractivity contribution in [3.63, 3.8) is 0 Å². The molecule has 140 valence electrons. The second kappa shape index (κ2) is 6.98. The van der Waals surface area contributed by atoms with Crippen LogP contribution in [0.3, 0.4) is 0 Å². The van der Waals surface area contributed by atoms with Gasteiger partial charge in [-0.25, -0.2) is 18.4 Å². The fourth-order valence-electron chi connectivity index (χ4n) is 1.97. The maximum Gasteiger partial charge on any atom is 0.408 e. The summed E-state index contributed by atoms with van der Waals surface area (Å²) in [4.78, 5) is 24.8. The van der Waals surface area contributed by atoms with Crippen LogP contribution in [0.4, 0.5) is 13.6 Å². The largest absolute Gasteiger partial charge is 0.458 e. The molecule has 1 unspecified atom stereocenters. The predicted molar refractivity (Wildman–Crippen MR) is 88.9 cm³/mol. The van der Waals surface area contributed by atoms with Crippen LogP contribution in [0.2, 0.25) is 0 Å². The van der Waals surface area contributed by atoms with Crippen molar-refractivity contribution in [1.82, 2.24) is 5.32 Å². The number of ether oxygens (including phenoxy) is 2. The molecule has 25 heavy (non-hydrogen) atoms. The van der Waals surface area contributed by atoms with E-state index in [4.69, 9.17) is 9.47 Å². The Balaban J connectivity index is 3.30. The van der Waals surface area contributed by atoms with E-state index in [1.54, 1.807) is 41.5 Å². The molecule has 1 N–H and O–H groups in total. The smallest absolute Gasteiger partial charge is 0.408 e. The zero-order valence-corrected chi connectivity index (χ0v) is 15.6. The lowest BCUT2D eigenvalue weighted by Gasteiger charge is -2.33. The summed E-state index contributed by atoms with van der Waals surface area (Å²) in [6, 6.07) is 2.60. The van der Waals surface area contributed by atoms with E-state index in [-0.39, 0.29) is 5.56 Å². The van der Waals surface area contributed by atoms with Crippen molar-refractivity contribution in [2.24, 2.45) is 0 Å². The van der Waals surface area contributed by atoms with Crippen LogP contribution in [0.15, 0.2) is 18.2 Å². The summed E-state index contributed by atoms with van der Waals surface area (Å²) >= 11 is 0. The number of alkyl carbamates (subject to hydrolysis) is 1. The van der Waals surface area contributed by atoms with Crippen molar-refractivity contribution in [1.29, 1.82) is 0 Å². The van der Waals surface area contributed by atoms with Crippen LogP contribution in [-0.4, -0.2) is 23.3 Å². The van der Waals surface area contributed by atoms with Crippen molar-refractivity contribution in [3.05, 3.63) is 35.4 Å². The molecule has 1 aromatic carbocycles. The number of carbonyl (C=O) groups is 2. The number of halogens is 2. The van der Waals surface area contributed by atoms with Gasteiger partial charge in [0.2, 0.25) is 0 Å². The number of carbonyl (C=O) groups excluding carboxylic acids is 2. The molecule has 0 fully saturated rings. The molecule has 0 saturated heterocycles. The van der Waals surface area contributed by atoms with E-state index in [0.29, 0.717) is 6.07 Å². The van der Waals surface area contributed by atoms with Crippen molar-refractivity contribution < 1.29 is 27.8 Å². The van der Waals surface area contributed by atoms with E-state index >= 15 is 0 Å². The van der Waals surface area contributed by atoms with Crippen LogP contribution in [0.5, 0.6) is 0 Å². The SMILES string of the molecule is CC(C)(C)OC(=O)NC(C)(C(=O)OC(C)(C)C)c1cc(F)cc(F)c1. The van der Waals surface area contributed by atoms with E-state index in [9.17, 15) is 18.4 Å². The maximum absolute atomic E-state index is 13.6. The minimum Gasteiger partial charge on any atom is -0.458 e. The van der Waals surface area contributed by atoms with Gasteiger partial charge in [0.05, 0.1) is 0 Å². The first kappa shape index (κ1) is 20.9. The predicted octanol–water partition coefficient (Wildman–Crippen LogP) is 4.05. The number of amides is 1. The van der Waals surface area contributed by atoms with Crippen molar-refractivity contribution >= 4 is 12.1 Å². The van der Waals surface area contributed by atoms with Gasteiger partial charge < -0.3 is 14.8 Å². The topological polar surface area (TPSA) is 64.6 Å². The van der Waals surface area contributed by atoms with E-state index in [2.05, 4.69) is 5.32 Å². The Kier molecular flexibility index (Phi) is 5.82. The second-order valence-corrected chi connectivity index (χ2v) is 7.91. The molecule has 7 heteroatoms. The number of nitrogens with one attached hydrogen (secondary N) is 1. The Labute approximate surface area is 146 Å². The number of rotatable bonds is 3. The van der Waals surface area contributed by atoms with Gasteiger partial charge >= 0.3 is 12.1 Å². The molecule has 0 bridgehead atoms. The molecule has 1 amide bonds. The normalized spacial score (nSPS) is 14.4. The van der Waals surface area contributed by atoms with Crippen LogP contribution in [0.25, 0.3) is 0 Å². The highest BCUT2D eigenvalue weighted by Crippen LogP contribution is 2.27. The van der Waals surface area contributed by atoms with Crippen LogP contribution in [-0.2, 0) is 19.8 Å². The molecule has 5 nitrogen and oxygen atoms in total. The Bertz CT molecular complexity index is 642. The zero-order chi connectivity index (χ0) is 19.6. The minimum atomic E-state index is -1.83. The number of benzene rings is 1. The van der Waals surface area contributed by atoms with Crippen LogP contribution >= 0.6 is 0 Å². The molecule has 0 spiro atoms. The molecular formula is C18H25F2NO4. The van der Waals surface area contributed by atoms with E-state index in [0.717, 1.165) is 12.1 Å². The molecule has 0 radical (unpaired) electrons. The Morgan fingerprint density at radius 1 is 0.840 bits per heavy atom. The zero-order valence-electron chi connectivity index (χ0n) is 15.6. The Morgan fingerprint density at radius 2 is 1.28 bits per heavy atom. The molecule has 0 aliphatic carbocycles. The molecular weight excluding hydrogens is 332 g/mol. The second-order valence-electron chi connectivity index (χ2n) is 7.91. The average molecular weight is 357 g/mol. The van der Waals surface area contributed by atoms with Crippen molar-refractivity contribution in [2.45, 2.75) is 65.2 Å². The van der Waals surface area contributed by atoms with Gasteiger partial charge in [-0.05, 0) is 66.2 Å². The maximum atomic E-state index is 13.6. The quantitative estimate of drug-likeness (QED) is 0.829. The highest BCUT2D eigenvalue weighted by atomic mass is 19.1. The summed E-state index contributed by atoms with van der Waals surface area (Å²) in [7, 11) is 0. The molecule has 1 atom stereocenters. The van der Waals surface area contributed by atoms with Gasteiger partial charge in [-0.3, -0.25) is 0 Å². The first-order chi connectivity index (χ1) is 11.1. The fraction of sp³-hybridized carbons (Fsp3) is 0.556. The lowest BCUT2D eigenvalue weighted by atomic mass is 9.91. The Hall–Kier alpha value is -2.18. The summed E-state index contributed by atoms with van der Waals surface area (Å²) in [5.74, 6) is -2.62. The third kappa shape index (κ3) is 6.32. The first-order valence-corrected chi connectivity index (χ1v) is 7.83. The highest BCUT2D eigenvalue weighted by molar-refractivity contribution is 5.87. The lowest BCUT2D eigenvalue weighted by molar-refractivity contribution is -0.163. The first-order valence-electron chi connectivity index (χ1n) is 7.83. The average Bonchev–Trinajstić information content (AvgIpc) is 2.32. The van der Waals surface area contributed by atoms with Gasteiger partial charge in [0, 0.05) is 6.07 Å². The summed E-state index contributed by atoms with van der Waals surface area (Å²) in [6.45, 7) is 11.2. The molecule has 0 aliphatic heterocycles. The summed E-state index contributed by atoms with van der Waals surface area (Å²) in [5, 5.41) is 2.37. The highest BCUT2D eigenvalue weighted by Gasteiger charge is 2.42. The Morgan fingerprint density at radius 3 is 1.68 bits per heavy atom. The van der Waals surface area contributed by atoms with Crippen molar-refractivity contribution in [3.8, 4) is 0 Å². The van der Waals surface area contributed by atoms with E-state index in [1.807, 2.05) is 0 Å². The van der Waals surface area contributed by atoms with Gasteiger partial charge in [-0.1, -0.05) is 0 Å². The standard InChI is InChI=1S/C18H25F2NO4/c1-16(2,3)24-14(22)18(7,21-15(23)25-17(4,5)6)11-8-12(19)10-13(20)9-11/h8-10H,1-7H3,(H,21,23). The number of hydrogen-bond acceptors (Lipinski definition) is 4. The molecule has 0 heterocycles. The molecule has 0 aromatic heterocycles. The summed E-state index contributed by atoms with van der Waals surface area (Å²) in [5.41, 5.74) is -3.60. The third-order valence-electron chi connectivity index (χ3n) is 3.00. The van der Waals surface area contributed by atoms with Crippen molar-refractivity contribution in [2.75, 3.05) is 0 Å². The summed E-state index contributed by atoms with van der Waals surface area (Å²) < 4.78 is 37.7. The third-order valence-corrected chi connectivity index (χ3v) is 3.00. The van der Waals surface area contributed by atoms with Gasteiger partial charge in [0.25, 0.3) is 0 Å². The number of hydrogen-bond donors (Lipinski definition) is 1. The minimum absolute atomic E-state index is 0.0925. The van der Waals surface area contributed by atoms with E-state index < -0.39 is 40.4 Å². The van der Waals surface area contributed by atoms with Gasteiger partial charge in [0.15, 0.2) is 5.54 Å². The molecule has 0 aliphatic rings. The van der Waals surface area contributed by atoms with Crippen LogP contribution < -0.4 is 5.32 Å².